The van der Waals surface area contributed by atoms with E-state index in [9.17, 15) is 15.3 Å². The van der Waals surface area contributed by atoms with E-state index in [1.165, 1.54) is 0 Å². The lowest BCUT2D eigenvalue weighted by atomic mass is 10.1. The van der Waals surface area contributed by atoms with Gasteiger partial charge in [-0.1, -0.05) is 18.2 Å². The summed E-state index contributed by atoms with van der Waals surface area (Å²) in [7, 11) is 0. The summed E-state index contributed by atoms with van der Waals surface area (Å²) in [5.74, 6) is 0. The van der Waals surface area contributed by atoms with Gasteiger partial charge in [-0.15, -0.1) is 5.11 Å². The lowest BCUT2D eigenvalue weighted by molar-refractivity contribution is -0.0715. The van der Waals surface area contributed by atoms with Gasteiger partial charge in [-0.25, -0.2) is 0 Å². The Morgan fingerprint density at radius 3 is 2.23 bits per heavy atom. The maximum Gasteiger partial charge on any atom is 0.110 e. The number of nitrogens with zero attached hydrogens (tertiary/aromatic N) is 2. The van der Waals surface area contributed by atoms with Crippen molar-refractivity contribution in [3.63, 3.8) is 0 Å². The van der Waals surface area contributed by atoms with Crippen LogP contribution in [0.15, 0.2) is 52.7 Å². The van der Waals surface area contributed by atoms with Gasteiger partial charge in [0, 0.05) is 6.54 Å². The Hall–Kier alpha value is -2.32. The van der Waals surface area contributed by atoms with Crippen LogP contribution in [0.5, 0.6) is 0 Å². The van der Waals surface area contributed by atoms with Gasteiger partial charge in [-0.2, -0.15) is 5.11 Å². The zero-order valence-electron chi connectivity index (χ0n) is 14.9. The Morgan fingerprint density at radius 2 is 1.58 bits per heavy atom. The molecule has 0 aromatic heterocycles. The molecular formula is C19H25N3O4. The van der Waals surface area contributed by atoms with Gasteiger partial charge < -0.3 is 25.7 Å². The molecule has 7 heteroatoms. The molecule has 2 rings (SSSR count). The van der Waals surface area contributed by atoms with E-state index in [1.807, 2.05) is 56.3 Å². The van der Waals surface area contributed by atoms with E-state index in [2.05, 4.69) is 15.5 Å². The van der Waals surface area contributed by atoms with Crippen molar-refractivity contribution < 1.29 is 20.4 Å². The summed E-state index contributed by atoms with van der Waals surface area (Å²) in [6.45, 7) is 3.28. The molecule has 0 saturated carbocycles. The van der Waals surface area contributed by atoms with Crippen LogP contribution < -0.4 is 5.32 Å². The van der Waals surface area contributed by atoms with Crippen LogP contribution in [-0.2, 0) is 0 Å². The first kappa shape index (κ1) is 20.0. The SMILES string of the molecule is Cc1cc(N=Nc2ccccc2)c(NCC(O)C(O)C(O)CO)cc1C. The quantitative estimate of drug-likeness (QED) is 0.463. The predicted molar refractivity (Wildman–Crippen MR) is 100 cm³/mol. The van der Waals surface area contributed by atoms with Gasteiger partial charge in [0.05, 0.1) is 24.1 Å². The molecule has 140 valence electrons. The summed E-state index contributed by atoms with van der Waals surface area (Å²) in [6.07, 6.45) is -4.10. The predicted octanol–water partition coefficient (Wildman–Crippen LogP) is 2.21. The molecule has 0 spiro atoms. The number of rotatable bonds is 8. The molecule has 0 bridgehead atoms. The molecule has 7 nitrogen and oxygen atoms in total. The van der Waals surface area contributed by atoms with Crippen LogP contribution in [0.3, 0.4) is 0 Å². The summed E-state index contributed by atoms with van der Waals surface area (Å²) < 4.78 is 0. The van der Waals surface area contributed by atoms with Crippen LogP contribution in [0, 0.1) is 13.8 Å². The zero-order chi connectivity index (χ0) is 19.1. The number of nitrogens with one attached hydrogen (secondary N) is 1. The van der Waals surface area contributed by atoms with Gasteiger partial charge in [0.1, 0.15) is 17.9 Å². The summed E-state index contributed by atoms with van der Waals surface area (Å²) in [5, 5.41) is 49.5. The highest BCUT2D eigenvalue weighted by Crippen LogP contribution is 2.30. The number of aryl methyl sites for hydroxylation is 2. The molecule has 3 unspecified atom stereocenters. The van der Waals surface area contributed by atoms with E-state index in [0.717, 1.165) is 16.8 Å². The van der Waals surface area contributed by atoms with E-state index in [4.69, 9.17) is 5.11 Å². The summed E-state index contributed by atoms with van der Waals surface area (Å²) in [4.78, 5) is 0. The van der Waals surface area contributed by atoms with Crippen LogP contribution in [0.1, 0.15) is 11.1 Å². The van der Waals surface area contributed by atoms with E-state index in [-0.39, 0.29) is 6.54 Å². The van der Waals surface area contributed by atoms with Crippen LogP contribution in [0.2, 0.25) is 0 Å². The lowest BCUT2D eigenvalue weighted by Gasteiger charge is -2.22. The number of hydrogen-bond donors (Lipinski definition) is 5. The number of anilines is 1. The fraction of sp³-hybridized carbons (Fsp3) is 0.368. The Balaban J connectivity index is 2.17. The molecule has 0 aliphatic carbocycles. The third-order valence-corrected chi connectivity index (χ3v) is 4.12. The average molecular weight is 359 g/mol. The van der Waals surface area contributed by atoms with E-state index >= 15 is 0 Å². The van der Waals surface area contributed by atoms with Gasteiger partial charge >= 0.3 is 0 Å². The van der Waals surface area contributed by atoms with E-state index in [0.29, 0.717) is 11.4 Å². The highest BCUT2D eigenvalue weighted by Gasteiger charge is 2.24. The minimum Gasteiger partial charge on any atom is -0.394 e. The fourth-order valence-corrected chi connectivity index (χ4v) is 2.33. The van der Waals surface area contributed by atoms with Gasteiger partial charge in [-0.3, -0.25) is 0 Å². The molecule has 0 radical (unpaired) electrons. The van der Waals surface area contributed by atoms with Crippen molar-refractivity contribution in [2.24, 2.45) is 10.2 Å². The Bertz CT molecular complexity index is 737. The topological polar surface area (TPSA) is 118 Å². The molecule has 0 amide bonds. The zero-order valence-corrected chi connectivity index (χ0v) is 14.9. The number of aliphatic hydroxyl groups is 4. The molecule has 3 atom stereocenters. The third kappa shape index (κ3) is 5.34. The molecule has 0 heterocycles. The number of benzene rings is 2. The van der Waals surface area contributed by atoms with Crippen molar-refractivity contribution in [2.75, 3.05) is 18.5 Å². The molecule has 0 aliphatic heterocycles. The minimum absolute atomic E-state index is 0.0193. The van der Waals surface area contributed by atoms with Gasteiger partial charge in [0.2, 0.25) is 0 Å². The van der Waals surface area contributed by atoms with Crippen LogP contribution in [0.25, 0.3) is 0 Å². The Kier molecular flexibility index (Phi) is 7.23. The first-order valence-electron chi connectivity index (χ1n) is 8.39. The molecule has 26 heavy (non-hydrogen) atoms. The summed E-state index contributed by atoms with van der Waals surface area (Å²) >= 11 is 0. The van der Waals surface area contributed by atoms with E-state index in [1.54, 1.807) is 0 Å². The molecule has 2 aromatic carbocycles. The van der Waals surface area contributed by atoms with Crippen molar-refractivity contribution >= 4 is 17.1 Å². The van der Waals surface area contributed by atoms with Crippen molar-refractivity contribution in [3.8, 4) is 0 Å². The fourth-order valence-electron chi connectivity index (χ4n) is 2.33. The molecular weight excluding hydrogens is 334 g/mol. The van der Waals surface area contributed by atoms with Crippen molar-refractivity contribution in [3.05, 3.63) is 53.6 Å². The van der Waals surface area contributed by atoms with Gasteiger partial charge in [0.25, 0.3) is 0 Å². The first-order valence-corrected chi connectivity index (χ1v) is 8.39. The standard InChI is InChI=1S/C19H25N3O4/c1-12-8-15(20-10-17(24)19(26)18(25)11-23)16(9-13(12)2)22-21-14-6-4-3-5-7-14/h3-9,17-20,23-26H,10-11H2,1-2H3. The monoisotopic (exact) mass is 359 g/mol. The van der Waals surface area contributed by atoms with Crippen molar-refractivity contribution in [1.29, 1.82) is 0 Å². The second kappa shape index (κ2) is 9.40. The minimum atomic E-state index is -1.45. The van der Waals surface area contributed by atoms with Crippen molar-refractivity contribution in [2.45, 2.75) is 32.2 Å². The Labute approximate surface area is 152 Å². The second-order valence-corrected chi connectivity index (χ2v) is 6.18. The van der Waals surface area contributed by atoms with E-state index < -0.39 is 24.9 Å². The molecule has 5 N–H and O–H groups in total. The first-order chi connectivity index (χ1) is 12.4. The summed E-state index contributed by atoms with van der Waals surface area (Å²) in [5.41, 5.74) is 4.06. The average Bonchev–Trinajstić information content (AvgIpc) is 2.66. The molecule has 0 fully saturated rings. The maximum atomic E-state index is 9.97. The molecule has 0 aliphatic rings. The Morgan fingerprint density at radius 1 is 0.923 bits per heavy atom. The molecule has 2 aromatic rings. The molecule has 0 saturated heterocycles. The second-order valence-electron chi connectivity index (χ2n) is 6.18. The summed E-state index contributed by atoms with van der Waals surface area (Å²) in [6, 6.07) is 13.1. The number of azo groups is 1. The smallest absolute Gasteiger partial charge is 0.110 e. The highest BCUT2D eigenvalue weighted by molar-refractivity contribution is 5.68. The number of hydrogen-bond acceptors (Lipinski definition) is 7. The lowest BCUT2D eigenvalue weighted by Crippen LogP contribution is -2.42. The van der Waals surface area contributed by atoms with Gasteiger partial charge in [0.15, 0.2) is 0 Å². The van der Waals surface area contributed by atoms with Crippen molar-refractivity contribution in [1.82, 2.24) is 0 Å². The van der Waals surface area contributed by atoms with Crippen LogP contribution in [0.4, 0.5) is 17.1 Å². The maximum absolute atomic E-state index is 9.97. The normalized spacial score (nSPS) is 15.0. The highest BCUT2D eigenvalue weighted by atomic mass is 16.4. The third-order valence-electron chi connectivity index (χ3n) is 4.12. The van der Waals surface area contributed by atoms with Crippen LogP contribution >= 0.6 is 0 Å². The van der Waals surface area contributed by atoms with Crippen LogP contribution in [-0.4, -0.2) is 51.9 Å². The largest absolute Gasteiger partial charge is 0.394 e. The number of aliphatic hydroxyl groups excluding tert-OH is 4. The van der Waals surface area contributed by atoms with Gasteiger partial charge in [-0.05, 0) is 49.2 Å².